The molecule has 1 aromatic rings. The lowest BCUT2D eigenvalue weighted by atomic mass is 10.4. The summed E-state index contributed by atoms with van der Waals surface area (Å²) >= 11 is 0. The summed E-state index contributed by atoms with van der Waals surface area (Å²) in [6.45, 7) is 3.33. The van der Waals surface area contributed by atoms with Crippen LogP contribution in [0.15, 0.2) is 12.1 Å². The smallest absolute Gasteiger partial charge is 0.266 e. The van der Waals surface area contributed by atoms with E-state index in [9.17, 15) is 17.2 Å². The molecular weight excluding hydrogens is 252 g/mol. The molecule has 1 rings (SSSR count). The van der Waals surface area contributed by atoms with Gasteiger partial charge in [-0.15, -0.1) is 0 Å². The van der Waals surface area contributed by atoms with Crippen molar-refractivity contribution in [2.45, 2.75) is 19.9 Å². The number of nitrogens with zero attached hydrogens (tertiary/aromatic N) is 2. The number of anilines is 1. The molecule has 0 aromatic carbocycles. The summed E-state index contributed by atoms with van der Waals surface area (Å²) in [6, 6.07) is 1.56. The number of hydrogen-bond acceptors (Lipinski definition) is 3. The van der Waals surface area contributed by atoms with Crippen molar-refractivity contribution >= 4 is 15.9 Å². The third-order valence-corrected chi connectivity index (χ3v) is 3.82. The van der Waals surface area contributed by atoms with Gasteiger partial charge in [-0.1, -0.05) is 0 Å². The molecule has 0 radical (unpaired) electrons. The van der Waals surface area contributed by atoms with Gasteiger partial charge in [0.25, 0.3) is 0 Å². The second-order valence-electron chi connectivity index (χ2n) is 3.69. The summed E-state index contributed by atoms with van der Waals surface area (Å²) in [5.41, 5.74) is -0.390. The third kappa shape index (κ3) is 3.34. The maximum atomic E-state index is 13.1. The number of halogens is 2. The van der Waals surface area contributed by atoms with Crippen molar-refractivity contribution in [3.63, 3.8) is 0 Å². The fraction of sp³-hybridized carbons (Fsp3) is 0.444. The van der Waals surface area contributed by atoms with Crippen LogP contribution in [-0.4, -0.2) is 30.8 Å². The van der Waals surface area contributed by atoms with E-state index in [4.69, 9.17) is 0 Å². The van der Waals surface area contributed by atoms with Crippen molar-refractivity contribution in [1.29, 1.82) is 0 Å². The van der Waals surface area contributed by atoms with Crippen LogP contribution in [0.1, 0.15) is 13.8 Å². The monoisotopic (exact) mass is 265 g/mol. The highest BCUT2D eigenvalue weighted by atomic mass is 32.2. The largest absolute Gasteiger partial charge is 0.301 e. The van der Waals surface area contributed by atoms with Crippen LogP contribution in [0.5, 0.6) is 0 Å². The van der Waals surface area contributed by atoms with Crippen molar-refractivity contribution in [3.8, 4) is 0 Å². The van der Waals surface area contributed by atoms with E-state index in [0.29, 0.717) is 0 Å². The van der Waals surface area contributed by atoms with Gasteiger partial charge in [0.1, 0.15) is 5.69 Å². The van der Waals surface area contributed by atoms with Crippen LogP contribution in [0, 0.1) is 11.9 Å². The zero-order valence-electron chi connectivity index (χ0n) is 9.61. The highest BCUT2D eigenvalue weighted by molar-refractivity contribution is 7.90. The number of pyridine rings is 1. The molecule has 17 heavy (non-hydrogen) atoms. The molecule has 0 aliphatic rings. The zero-order chi connectivity index (χ0) is 13.2. The first-order valence-corrected chi connectivity index (χ1v) is 6.26. The molecule has 0 spiro atoms. The van der Waals surface area contributed by atoms with Crippen LogP contribution in [0.3, 0.4) is 0 Å². The molecule has 0 saturated carbocycles. The minimum absolute atomic E-state index is 0.288. The standard InChI is InChI=1S/C9H13F2N3O2S/c1-6(2)14(3)17(15,16)13-7-4-5-8(10)12-9(7)11/h4-6,13H,1-3H3. The maximum absolute atomic E-state index is 13.1. The molecule has 5 nitrogen and oxygen atoms in total. The lowest BCUT2D eigenvalue weighted by Crippen LogP contribution is -2.37. The van der Waals surface area contributed by atoms with E-state index < -0.39 is 22.1 Å². The van der Waals surface area contributed by atoms with E-state index in [-0.39, 0.29) is 11.7 Å². The molecule has 1 aromatic heterocycles. The molecule has 96 valence electrons. The number of nitrogens with one attached hydrogen (secondary N) is 1. The lowest BCUT2D eigenvalue weighted by Gasteiger charge is -2.21. The fourth-order valence-electron chi connectivity index (χ4n) is 0.977. The van der Waals surface area contributed by atoms with Crippen molar-refractivity contribution in [2.24, 2.45) is 0 Å². The molecule has 1 heterocycles. The van der Waals surface area contributed by atoms with E-state index in [2.05, 4.69) is 4.98 Å². The lowest BCUT2D eigenvalue weighted by molar-refractivity contribution is 0.413. The number of aromatic nitrogens is 1. The van der Waals surface area contributed by atoms with Gasteiger partial charge in [0, 0.05) is 13.1 Å². The van der Waals surface area contributed by atoms with Gasteiger partial charge < -0.3 is 0 Å². The molecule has 0 atom stereocenters. The Morgan fingerprint density at radius 1 is 1.35 bits per heavy atom. The van der Waals surface area contributed by atoms with Crippen molar-refractivity contribution in [2.75, 3.05) is 11.8 Å². The van der Waals surface area contributed by atoms with Crippen molar-refractivity contribution in [3.05, 3.63) is 24.0 Å². The van der Waals surface area contributed by atoms with Gasteiger partial charge >= 0.3 is 10.2 Å². The quantitative estimate of drug-likeness (QED) is 0.836. The van der Waals surface area contributed by atoms with Crippen LogP contribution in [0.2, 0.25) is 0 Å². The van der Waals surface area contributed by atoms with E-state index in [1.165, 1.54) is 7.05 Å². The summed E-state index contributed by atoms with van der Waals surface area (Å²) in [7, 11) is -2.52. The van der Waals surface area contributed by atoms with Crippen LogP contribution < -0.4 is 4.72 Å². The Balaban J connectivity index is 2.98. The van der Waals surface area contributed by atoms with Gasteiger partial charge in [0.05, 0.1) is 0 Å². The van der Waals surface area contributed by atoms with Crippen molar-refractivity contribution in [1.82, 2.24) is 9.29 Å². The van der Waals surface area contributed by atoms with Gasteiger partial charge in [-0.05, 0) is 26.0 Å². The summed E-state index contributed by atoms with van der Waals surface area (Å²) < 4.78 is 52.1. The zero-order valence-corrected chi connectivity index (χ0v) is 10.4. The Morgan fingerprint density at radius 2 is 1.94 bits per heavy atom. The fourth-order valence-corrected chi connectivity index (χ4v) is 2.11. The first-order valence-electron chi connectivity index (χ1n) is 4.82. The van der Waals surface area contributed by atoms with Gasteiger partial charge in [0.15, 0.2) is 0 Å². The maximum Gasteiger partial charge on any atom is 0.301 e. The minimum atomic E-state index is -3.87. The highest BCUT2D eigenvalue weighted by Crippen LogP contribution is 2.15. The van der Waals surface area contributed by atoms with E-state index in [1.54, 1.807) is 13.8 Å². The minimum Gasteiger partial charge on any atom is -0.266 e. The summed E-state index contributed by atoms with van der Waals surface area (Å²) in [4.78, 5) is 2.88. The van der Waals surface area contributed by atoms with Gasteiger partial charge in [0.2, 0.25) is 11.9 Å². The Bertz CT molecular complexity index is 505. The predicted octanol–water partition coefficient (Wildman–Crippen LogP) is 1.36. The normalized spacial score (nSPS) is 12.2. The Hall–Kier alpha value is -1.28. The Kier molecular flexibility index (Phi) is 3.99. The first kappa shape index (κ1) is 13.8. The van der Waals surface area contributed by atoms with E-state index in [0.717, 1.165) is 16.4 Å². The molecule has 0 fully saturated rings. The second-order valence-corrected chi connectivity index (χ2v) is 5.42. The Labute approximate surface area is 98.6 Å². The Morgan fingerprint density at radius 3 is 2.41 bits per heavy atom. The number of hydrogen-bond donors (Lipinski definition) is 1. The highest BCUT2D eigenvalue weighted by Gasteiger charge is 2.22. The number of rotatable bonds is 4. The molecule has 0 unspecified atom stereocenters. The molecule has 1 N–H and O–H groups in total. The molecule has 0 aliphatic carbocycles. The van der Waals surface area contributed by atoms with Crippen LogP contribution in [-0.2, 0) is 10.2 Å². The summed E-state index contributed by atoms with van der Waals surface area (Å²) in [6.07, 6.45) is 0. The molecular formula is C9H13F2N3O2S. The third-order valence-electron chi connectivity index (χ3n) is 2.16. The van der Waals surface area contributed by atoms with E-state index >= 15 is 0 Å². The van der Waals surface area contributed by atoms with Crippen LogP contribution in [0.4, 0.5) is 14.5 Å². The predicted molar refractivity (Wildman–Crippen MR) is 59.6 cm³/mol. The topological polar surface area (TPSA) is 62.3 Å². The second kappa shape index (κ2) is 4.92. The SMILES string of the molecule is CC(C)N(C)S(=O)(=O)Nc1ccc(F)nc1F. The van der Waals surface area contributed by atoms with Crippen molar-refractivity contribution < 1.29 is 17.2 Å². The molecule has 0 bridgehead atoms. The van der Waals surface area contributed by atoms with E-state index in [1.807, 2.05) is 4.72 Å². The van der Waals surface area contributed by atoms with Gasteiger partial charge in [-0.2, -0.15) is 26.5 Å². The molecule has 0 amide bonds. The average Bonchev–Trinajstić information content (AvgIpc) is 2.21. The van der Waals surface area contributed by atoms with Gasteiger partial charge in [-0.3, -0.25) is 4.72 Å². The van der Waals surface area contributed by atoms with Crippen LogP contribution in [0.25, 0.3) is 0 Å². The van der Waals surface area contributed by atoms with Crippen LogP contribution >= 0.6 is 0 Å². The van der Waals surface area contributed by atoms with Gasteiger partial charge in [-0.25, -0.2) is 0 Å². The average molecular weight is 265 g/mol. The molecule has 8 heteroatoms. The summed E-state index contributed by atoms with van der Waals surface area (Å²) in [5, 5.41) is 0. The molecule has 0 aliphatic heterocycles. The molecule has 0 saturated heterocycles. The first-order chi connectivity index (χ1) is 7.74. The summed E-state index contributed by atoms with van der Waals surface area (Å²) in [5.74, 6) is -2.21.